The molecule has 0 fully saturated rings. The molecule has 0 bridgehead atoms. The van der Waals surface area contributed by atoms with Crippen LogP contribution in [0.5, 0.6) is 0 Å². The fourth-order valence-corrected chi connectivity index (χ4v) is 0.920. The minimum atomic E-state index is -0.521. The van der Waals surface area contributed by atoms with Gasteiger partial charge in [0.2, 0.25) is 5.91 Å². The second-order valence-corrected chi connectivity index (χ2v) is 3.89. The summed E-state index contributed by atoms with van der Waals surface area (Å²) in [7, 11) is 0. The van der Waals surface area contributed by atoms with Crippen LogP contribution in [0.1, 0.15) is 33.1 Å². The number of hydrogen-bond donors (Lipinski definition) is 3. The van der Waals surface area contributed by atoms with E-state index in [0.29, 0.717) is 6.42 Å². The molecule has 0 aromatic carbocycles. The summed E-state index contributed by atoms with van der Waals surface area (Å²) in [5.41, 5.74) is 16.0. The lowest BCUT2D eigenvalue weighted by atomic mass is 9.97. The van der Waals surface area contributed by atoms with Gasteiger partial charge in [0.15, 0.2) is 0 Å². The Labute approximate surface area is 73.5 Å². The SMILES string of the molecule is CC(C)(N)CCCC(N)C(N)=O. The number of rotatable bonds is 5. The van der Waals surface area contributed by atoms with Crippen molar-refractivity contribution in [1.29, 1.82) is 0 Å². The van der Waals surface area contributed by atoms with Gasteiger partial charge in [0, 0.05) is 5.54 Å². The topological polar surface area (TPSA) is 95.1 Å². The Bertz CT molecular complexity index is 151. The normalized spacial score (nSPS) is 14.3. The lowest BCUT2D eigenvalue weighted by Crippen LogP contribution is -2.37. The first-order valence-corrected chi connectivity index (χ1v) is 4.17. The van der Waals surface area contributed by atoms with Gasteiger partial charge in [-0.2, -0.15) is 0 Å². The van der Waals surface area contributed by atoms with Crippen LogP contribution in [0.25, 0.3) is 0 Å². The third-order valence-corrected chi connectivity index (χ3v) is 1.70. The Kier molecular flexibility index (Phi) is 4.20. The standard InChI is InChI=1S/C8H19N3O/c1-8(2,11)5-3-4-6(9)7(10)12/h6H,3-5,9,11H2,1-2H3,(H2,10,12). The first kappa shape index (κ1) is 11.4. The van der Waals surface area contributed by atoms with Gasteiger partial charge in [-0.1, -0.05) is 0 Å². The molecule has 0 rings (SSSR count). The van der Waals surface area contributed by atoms with Crippen molar-refractivity contribution in [3.8, 4) is 0 Å². The van der Waals surface area contributed by atoms with Crippen molar-refractivity contribution in [2.24, 2.45) is 17.2 Å². The van der Waals surface area contributed by atoms with E-state index < -0.39 is 11.9 Å². The van der Waals surface area contributed by atoms with E-state index in [9.17, 15) is 4.79 Å². The maximum absolute atomic E-state index is 10.5. The number of carbonyl (C=O) groups is 1. The van der Waals surface area contributed by atoms with E-state index in [1.807, 2.05) is 13.8 Å². The summed E-state index contributed by atoms with van der Waals surface area (Å²) in [6, 6.07) is -0.521. The highest BCUT2D eigenvalue weighted by atomic mass is 16.1. The number of carbonyl (C=O) groups excluding carboxylic acids is 1. The van der Waals surface area contributed by atoms with Gasteiger partial charge in [0.05, 0.1) is 6.04 Å². The molecule has 0 aliphatic rings. The van der Waals surface area contributed by atoms with E-state index in [-0.39, 0.29) is 5.54 Å². The molecule has 1 amide bonds. The van der Waals surface area contributed by atoms with Crippen LogP contribution in [0, 0.1) is 0 Å². The molecule has 1 unspecified atom stereocenters. The van der Waals surface area contributed by atoms with Crippen LogP contribution in [0.15, 0.2) is 0 Å². The Morgan fingerprint density at radius 3 is 2.33 bits per heavy atom. The summed E-state index contributed by atoms with van der Waals surface area (Å²) < 4.78 is 0. The lowest BCUT2D eigenvalue weighted by molar-refractivity contribution is -0.119. The molecule has 1 atom stereocenters. The smallest absolute Gasteiger partial charge is 0.234 e. The van der Waals surface area contributed by atoms with Crippen LogP contribution in [0.2, 0.25) is 0 Å². The molecule has 4 heteroatoms. The number of hydrogen-bond acceptors (Lipinski definition) is 3. The average Bonchev–Trinajstić information content (AvgIpc) is 1.84. The molecule has 4 nitrogen and oxygen atoms in total. The van der Waals surface area contributed by atoms with Gasteiger partial charge in [-0.25, -0.2) is 0 Å². The monoisotopic (exact) mass is 173 g/mol. The second-order valence-electron chi connectivity index (χ2n) is 3.89. The Morgan fingerprint density at radius 2 is 2.00 bits per heavy atom. The summed E-state index contributed by atoms with van der Waals surface area (Å²) in [5.74, 6) is -0.440. The fraction of sp³-hybridized carbons (Fsp3) is 0.875. The van der Waals surface area contributed by atoms with Gasteiger partial charge < -0.3 is 17.2 Å². The highest BCUT2D eigenvalue weighted by molar-refractivity contribution is 5.79. The van der Waals surface area contributed by atoms with E-state index in [2.05, 4.69) is 0 Å². The van der Waals surface area contributed by atoms with Crippen LogP contribution >= 0.6 is 0 Å². The summed E-state index contributed by atoms with van der Waals surface area (Å²) in [5, 5.41) is 0. The van der Waals surface area contributed by atoms with Crippen molar-refractivity contribution in [2.45, 2.75) is 44.7 Å². The van der Waals surface area contributed by atoms with Gasteiger partial charge >= 0.3 is 0 Å². The van der Waals surface area contributed by atoms with Crippen molar-refractivity contribution in [2.75, 3.05) is 0 Å². The minimum Gasteiger partial charge on any atom is -0.368 e. The molecule has 0 aromatic heterocycles. The third-order valence-electron chi connectivity index (χ3n) is 1.70. The van der Waals surface area contributed by atoms with Crippen LogP contribution in [0.4, 0.5) is 0 Å². The fourth-order valence-electron chi connectivity index (χ4n) is 0.920. The van der Waals surface area contributed by atoms with Crippen LogP contribution in [-0.4, -0.2) is 17.5 Å². The molecule has 0 radical (unpaired) electrons. The van der Waals surface area contributed by atoms with Crippen molar-refractivity contribution in [3.63, 3.8) is 0 Å². The summed E-state index contributed by atoms with van der Waals surface area (Å²) in [6.07, 6.45) is 2.32. The molecule has 0 spiro atoms. The molecule has 0 heterocycles. The van der Waals surface area contributed by atoms with Crippen molar-refractivity contribution in [1.82, 2.24) is 0 Å². The Morgan fingerprint density at radius 1 is 1.50 bits per heavy atom. The van der Waals surface area contributed by atoms with Crippen LogP contribution in [-0.2, 0) is 4.79 Å². The number of nitrogens with two attached hydrogens (primary N) is 3. The maximum atomic E-state index is 10.5. The Hall–Kier alpha value is -0.610. The molecule has 0 saturated heterocycles. The van der Waals surface area contributed by atoms with Crippen LogP contribution < -0.4 is 17.2 Å². The van der Waals surface area contributed by atoms with Gasteiger partial charge in [-0.15, -0.1) is 0 Å². The second kappa shape index (κ2) is 4.42. The lowest BCUT2D eigenvalue weighted by Gasteiger charge is -2.18. The first-order chi connectivity index (χ1) is 5.33. The zero-order valence-corrected chi connectivity index (χ0v) is 7.84. The van der Waals surface area contributed by atoms with Crippen molar-refractivity contribution < 1.29 is 4.79 Å². The van der Waals surface area contributed by atoms with E-state index in [0.717, 1.165) is 12.8 Å². The minimum absolute atomic E-state index is 0.183. The largest absolute Gasteiger partial charge is 0.368 e. The summed E-state index contributed by atoms with van der Waals surface area (Å²) in [4.78, 5) is 10.5. The maximum Gasteiger partial charge on any atom is 0.234 e. The molecular weight excluding hydrogens is 154 g/mol. The molecule has 6 N–H and O–H groups in total. The molecule has 72 valence electrons. The third kappa shape index (κ3) is 6.12. The summed E-state index contributed by atoms with van der Waals surface area (Å²) >= 11 is 0. The molecule has 0 aliphatic carbocycles. The average molecular weight is 173 g/mol. The van der Waals surface area contributed by atoms with E-state index >= 15 is 0 Å². The summed E-state index contributed by atoms with van der Waals surface area (Å²) in [6.45, 7) is 3.89. The van der Waals surface area contributed by atoms with E-state index in [4.69, 9.17) is 17.2 Å². The van der Waals surface area contributed by atoms with Crippen LogP contribution in [0.3, 0.4) is 0 Å². The van der Waals surface area contributed by atoms with Crippen molar-refractivity contribution in [3.05, 3.63) is 0 Å². The predicted molar refractivity (Wildman–Crippen MR) is 49.3 cm³/mol. The highest BCUT2D eigenvalue weighted by Crippen LogP contribution is 2.09. The molecule has 0 aliphatic heterocycles. The molecular formula is C8H19N3O. The van der Waals surface area contributed by atoms with Crippen molar-refractivity contribution >= 4 is 5.91 Å². The van der Waals surface area contributed by atoms with Gasteiger partial charge in [-0.3, -0.25) is 4.79 Å². The zero-order chi connectivity index (χ0) is 9.78. The van der Waals surface area contributed by atoms with Gasteiger partial charge in [-0.05, 0) is 33.1 Å². The highest BCUT2D eigenvalue weighted by Gasteiger charge is 2.13. The van der Waals surface area contributed by atoms with Gasteiger partial charge in [0.1, 0.15) is 0 Å². The van der Waals surface area contributed by atoms with E-state index in [1.54, 1.807) is 0 Å². The molecule has 0 aromatic rings. The quantitative estimate of drug-likeness (QED) is 0.533. The number of amides is 1. The van der Waals surface area contributed by atoms with Gasteiger partial charge in [0.25, 0.3) is 0 Å². The van der Waals surface area contributed by atoms with E-state index in [1.165, 1.54) is 0 Å². The predicted octanol–water partition coefficient (Wildman–Crippen LogP) is -0.293. The Balaban J connectivity index is 3.51. The molecule has 0 saturated carbocycles. The first-order valence-electron chi connectivity index (χ1n) is 4.17. The zero-order valence-electron chi connectivity index (χ0n) is 7.84. The number of primary amides is 1. The molecule has 12 heavy (non-hydrogen) atoms.